The minimum absolute atomic E-state index is 0.0206. The molecule has 0 saturated carbocycles. The molecule has 3 aromatic rings. The average molecular weight is 590 g/mol. The number of rotatable bonds is 11. The van der Waals surface area contributed by atoms with Crippen molar-refractivity contribution in [1.29, 1.82) is 0 Å². The maximum atomic E-state index is 13.9. The van der Waals surface area contributed by atoms with Crippen LogP contribution in [0.15, 0.2) is 78.9 Å². The van der Waals surface area contributed by atoms with Crippen molar-refractivity contribution >= 4 is 29.5 Å². The Kier molecular flexibility index (Phi) is 10.3. The average Bonchev–Trinajstić information content (AvgIpc) is 3.31. The van der Waals surface area contributed by atoms with Gasteiger partial charge >= 0.3 is 0 Å². The minimum Gasteiger partial charge on any atom is -0.496 e. The lowest BCUT2D eigenvalue weighted by Crippen LogP contribution is -2.58. The molecule has 0 bridgehead atoms. The lowest BCUT2D eigenvalue weighted by atomic mass is 9.96. The Bertz CT molecular complexity index is 1400. The number of carbonyl (C=O) groups excluding carboxylic acids is 3. The number of aliphatic hydroxyl groups is 1. The summed E-state index contributed by atoms with van der Waals surface area (Å²) in [5.74, 6) is -0.398. The predicted molar refractivity (Wildman–Crippen MR) is 165 cm³/mol. The van der Waals surface area contributed by atoms with E-state index in [9.17, 15) is 19.5 Å². The van der Waals surface area contributed by atoms with Crippen LogP contribution in [-0.4, -0.2) is 63.6 Å². The van der Waals surface area contributed by atoms with Gasteiger partial charge in [-0.05, 0) is 49.9 Å². The van der Waals surface area contributed by atoms with Crippen LogP contribution >= 0.6 is 11.8 Å². The number of nitrogens with one attached hydrogen (secondary N) is 2. The van der Waals surface area contributed by atoms with Crippen LogP contribution in [0.2, 0.25) is 0 Å². The highest BCUT2D eigenvalue weighted by atomic mass is 32.2. The first-order valence-electron chi connectivity index (χ1n) is 14.0. The smallest absolute Gasteiger partial charge is 0.254 e. The third-order valence-electron chi connectivity index (χ3n) is 7.61. The van der Waals surface area contributed by atoms with E-state index in [1.807, 2.05) is 87.5 Å². The van der Waals surface area contributed by atoms with E-state index in [1.54, 1.807) is 19.2 Å². The van der Waals surface area contributed by atoms with Gasteiger partial charge in [0.1, 0.15) is 11.8 Å². The zero-order chi connectivity index (χ0) is 30.3. The van der Waals surface area contributed by atoms with Gasteiger partial charge in [0.2, 0.25) is 11.8 Å². The number of nitrogens with zero attached hydrogens (tertiary/aromatic N) is 1. The third-order valence-corrected chi connectivity index (χ3v) is 8.99. The Morgan fingerprint density at radius 1 is 1.00 bits per heavy atom. The molecular formula is C33H39N3O5S. The number of thioether (sulfide) groups is 1. The van der Waals surface area contributed by atoms with Crippen LogP contribution in [0, 0.1) is 6.92 Å². The Balaban J connectivity index is 1.52. The number of hydrogen-bond donors (Lipinski definition) is 3. The second kappa shape index (κ2) is 13.9. The van der Waals surface area contributed by atoms with Crippen LogP contribution in [0.5, 0.6) is 5.75 Å². The summed E-state index contributed by atoms with van der Waals surface area (Å²) in [6.45, 7) is 6.17. The largest absolute Gasteiger partial charge is 0.496 e. The standard InChI is InChI=1S/C33H39N3O5S/c1-22-12-8-9-16-25(22)20-34-31(39)30-33(2,3)42-21-36(30)32(40)29(38)26(18-23-13-6-5-7-14-23)35-28(37)19-24-15-10-11-17-27(24)41-4/h5-17,26,29-30,38H,18-21H2,1-4H3,(H,34,39)(H,35,37)/t26-,29-,30+/m0/s1. The van der Waals surface area contributed by atoms with Gasteiger partial charge in [-0.3, -0.25) is 14.4 Å². The fourth-order valence-corrected chi connectivity index (χ4v) is 6.37. The lowest BCUT2D eigenvalue weighted by Gasteiger charge is -2.33. The van der Waals surface area contributed by atoms with Crippen molar-refractivity contribution in [3.63, 3.8) is 0 Å². The topological polar surface area (TPSA) is 108 Å². The molecule has 42 heavy (non-hydrogen) atoms. The third kappa shape index (κ3) is 7.52. The van der Waals surface area contributed by atoms with E-state index in [2.05, 4.69) is 10.6 Å². The van der Waals surface area contributed by atoms with Gasteiger partial charge in [0, 0.05) is 16.9 Å². The number of hydrogen-bond acceptors (Lipinski definition) is 6. The van der Waals surface area contributed by atoms with Crippen LogP contribution in [0.4, 0.5) is 0 Å². The lowest BCUT2D eigenvalue weighted by molar-refractivity contribution is -0.147. The van der Waals surface area contributed by atoms with Crippen molar-refractivity contribution in [2.45, 2.75) is 63.1 Å². The summed E-state index contributed by atoms with van der Waals surface area (Å²) in [4.78, 5) is 42.0. The molecule has 3 amide bonds. The van der Waals surface area contributed by atoms with Crippen molar-refractivity contribution in [1.82, 2.24) is 15.5 Å². The van der Waals surface area contributed by atoms with E-state index >= 15 is 0 Å². The normalized spacial score (nSPS) is 17.3. The first-order chi connectivity index (χ1) is 20.1. The Morgan fingerprint density at radius 2 is 1.64 bits per heavy atom. The van der Waals surface area contributed by atoms with Gasteiger partial charge in [0.15, 0.2) is 6.10 Å². The van der Waals surface area contributed by atoms with Gasteiger partial charge in [-0.1, -0.05) is 72.8 Å². The van der Waals surface area contributed by atoms with Gasteiger partial charge in [0.05, 0.1) is 25.4 Å². The molecule has 0 unspecified atom stereocenters. The number of methoxy groups -OCH3 is 1. The number of carbonyl (C=O) groups is 3. The van der Waals surface area contributed by atoms with Gasteiger partial charge in [-0.2, -0.15) is 0 Å². The van der Waals surface area contributed by atoms with Crippen LogP contribution in [0.3, 0.4) is 0 Å². The number of ether oxygens (including phenoxy) is 1. The van der Waals surface area contributed by atoms with Crippen molar-refractivity contribution in [2.75, 3.05) is 13.0 Å². The van der Waals surface area contributed by atoms with E-state index in [-0.39, 0.29) is 30.5 Å². The molecule has 1 saturated heterocycles. The van der Waals surface area contributed by atoms with Crippen LogP contribution < -0.4 is 15.4 Å². The maximum absolute atomic E-state index is 13.9. The molecule has 0 aliphatic carbocycles. The number of aryl methyl sites for hydroxylation is 1. The Morgan fingerprint density at radius 3 is 2.33 bits per heavy atom. The fourth-order valence-electron chi connectivity index (χ4n) is 5.23. The van der Waals surface area contributed by atoms with E-state index in [0.29, 0.717) is 17.9 Å². The molecule has 0 aromatic heterocycles. The quantitative estimate of drug-likeness (QED) is 0.315. The molecule has 1 heterocycles. The monoisotopic (exact) mass is 589 g/mol. The number of amides is 3. The van der Waals surface area contributed by atoms with Crippen molar-refractivity contribution in [2.24, 2.45) is 0 Å². The summed E-state index contributed by atoms with van der Waals surface area (Å²) < 4.78 is 4.80. The summed E-state index contributed by atoms with van der Waals surface area (Å²) in [5, 5.41) is 17.3. The van der Waals surface area contributed by atoms with Crippen LogP contribution in [0.25, 0.3) is 0 Å². The summed E-state index contributed by atoms with van der Waals surface area (Å²) >= 11 is 1.48. The second-order valence-corrected chi connectivity index (χ2v) is 12.6. The highest BCUT2D eigenvalue weighted by Crippen LogP contribution is 2.40. The molecule has 3 aromatic carbocycles. The summed E-state index contributed by atoms with van der Waals surface area (Å²) in [6.07, 6.45) is -1.31. The number of aliphatic hydroxyl groups excluding tert-OH is 1. The zero-order valence-electron chi connectivity index (χ0n) is 24.5. The molecule has 0 spiro atoms. The summed E-state index contributed by atoms with van der Waals surface area (Å²) in [5.41, 5.74) is 3.61. The molecule has 3 N–H and O–H groups in total. The van der Waals surface area contributed by atoms with Crippen molar-refractivity contribution in [3.05, 3.63) is 101 Å². The molecule has 1 aliphatic rings. The van der Waals surface area contributed by atoms with E-state index in [4.69, 9.17) is 4.74 Å². The Hall–Kier alpha value is -3.82. The fraction of sp³-hybridized carbons (Fsp3) is 0.364. The highest BCUT2D eigenvalue weighted by Gasteiger charge is 2.49. The minimum atomic E-state index is -1.56. The molecule has 1 fully saturated rings. The molecule has 4 rings (SSSR count). The zero-order valence-corrected chi connectivity index (χ0v) is 25.3. The van der Waals surface area contributed by atoms with Crippen LogP contribution in [0.1, 0.15) is 36.1 Å². The van der Waals surface area contributed by atoms with Gasteiger partial charge in [-0.25, -0.2) is 0 Å². The molecular weight excluding hydrogens is 550 g/mol. The van der Waals surface area contributed by atoms with E-state index in [1.165, 1.54) is 16.7 Å². The summed E-state index contributed by atoms with van der Waals surface area (Å²) in [7, 11) is 1.54. The molecule has 3 atom stereocenters. The van der Waals surface area contributed by atoms with E-state index in [0.717, 1.165) is 16.7 Å². The predicted octanol–water partition coefficient (Wildman–Crippen LogP) is 3.63. The van der Waals surface area contributed by atoms with Gasteiger partial charge in [0.25, 0.3) is 5.91 Å². The Labute approximate surface area is 251 Å². The number of benzene rings is 3. The highest BCUT2D eigenvalue weighted by molar-refractivity contribution is 8.00. The van der Waals surface area contributed by atoms with Gasteiger partial charge in [-0.15, -0.1) is 11.8 Å². The van der Waals surface area contributed by atoms with Crippen molar-refractivity contribution in [3.8, 4) is 5.75 Å². The van der Waals surface area contributed by atoms with Crippen molar-refractivity contribution < 1.29 is 24.2 Å². The molecule has 9 heteroatoms. The molecule has 1 aliphatic heterocycles. The molecule has 222 valence electrons. The second-order valence-electron chi connectivity index (χ2n) is 11.0. The maximum Gasteiger partial charge on any atom is 0.254 e. The van der Waals surface area contributed by atoms with E-state index < -0.39 is 28.8 Å². The molecule has 8 nitrogen and oxygen atoms in total. The van der Waals surface area contributed by atoms with Crippen LogP contribution in [-0.2, 0) is 33.8 Å². The van der Waals surface area contributed by atoms with Gasteiger partial charge < -0.3 is 25.4 Å². The SMILES string of the molecule is COc1ccccc1CC(=O)N[C@@H](Cc1ccccc1)[C@H](O)C(=O)N1CSC(C)(C)[C@H]1C(=O)NCc1ccccc1C. The summed E-state index contributed by atoms with van der Waals surface area (Å²) in [6, 6.07) is 22.7. The first-order valence-corrected chi connectivity index (χ1v) is 15.0. The number of para-hydroxylation sites is 1. The first kappa shape index (κ1) is 31.1. The molecule has 0 radical (unpaired) electrons.